The number of rotatable bonds is 2. The van der Waals surface area contributed by atoms with Crippen LogP contribution in [0.5, 0.6) is 0 Å². The summed E-state index contributed by atoms with van der Waals surface area (Å²) >= 11 is 0. The minimum absolute atomic E-state index is 0.237. The maximum Gasteiger partial charge on any atom is 0.114 e. The van der Waals surface area contributed by atoms with Crippen molar-refractivity contribution in [2.45, 2.75) is 13.0 Å². The molecule has 0 amide bonds. The quantitative estimate of drug-likeness (QED) is 0.769. The summed E-state index contributed by atoms with van der Waals surface area (Å²) in [5.74, 6) is 1.02. The fourth-order valence-corrected chi connectivity index (χ4v) is 1.74. The lowest BCUT2D eigenvalue weighted by Crippen LogP contribution is -2.16. The molecule has 0 aliphatic carbocycles. The second-order valence-corrected chi connectivity index (χ2v) is 3.56. The number of benzene rings is 1. The van der Waals surface area contributed by atoms with Crippen LogP contribution in [0.1, 0.15) is 17.2 Å². The molecule has 0 aromatic heterocycles. The van der Waals surface area contributed by atoms with Gasteiger partial charge in [0, 0.05) is 6.54 Å². The number of hydrogen-bond acceptors (Lipinski definition) is 2. The Morgan fingerprint density at radius 3 is 2.64 bits per heavy atom. The zero-order valence-electron chi connectivity index (χ0n) is 8.58. The summed E-state index contributed by atoms with van der Waals surface area (Å²) in [5, 5.41) is 3.38. The van der Waals surface area contributed by atoms with Crippen molar-refractivity contribution in [1.29, 1.82) is 0 Å². The highest BCUT2D eigenvalue weighted by Crippen LogP contribution is 2.25. The molecule has 2 nitrogen and oxygen atoms in total. The minimum atomic E-state index is 0.237. The normalized spacial score (nSPS) is 20.7. The van der Waals surface area contributed by atoms with Crippen molar-refractivity contribution in [3.63, 3.8) is 0 Å². The Labute approximate surface area is 84.6 Å². The number of nitrogens with one attached hydrogen (secondary N) is 1. The van der Waals surface area contributed by atoms with Crippen molar-refractivity contribution in [2.24, 2.45) is 0 Å². The predicted molar refractivity (Wildman–Crippen MR) is 57.0 cm³/mol. The second kappa shape index (κ2) is 3.84. The van der Waals surface area contributed by atoms with Crippen molar-refractivity contribution < 1.29 is 4.74 Å². The van der Waals surface area contributed by atoms with E-state index >= 15 is 0 Å². The smallest absolute Gasteiger partial charge is 0.114 e. The first-order chi connectivity index (χ1) is 6.81. The van der Waals surface area contributed by atoms with Crippen LogP contribution in [0.2, 0.25) is 0 Å². The molecule has 0 radical (unpaired) electrons. The Hall–Kier alpha value is -1.28. The molecule has 0 spiro atoms. The van der Waals surface area contributed by atoms with E-state index in [1.54, 1.807) is 7.11 Å². The molecule has 1 aliphatic rings. The van der Waals surface area contributed by atoms with E-state index in [1.807, 2.05) is 0 Å². The molecule has 0 fully saturated rings. The van der Waals surface area contributed by atoms with Crippen LogP contribution < -0.4 is 5.32 Å². The number of ether oxygens (including phenoxy) is 1. The summed E-state index contributed by atoms with van der Waals surface area (Å²) in [6.45, 7) is 2.99. The average molecular weight is 189 g/mol. The molecule has 14 heavy (non-hydrogen) atoms. The Kier molecular flexibility index (Phi) is 2.55. The largest absolute Gasteiger partial charge is 0.499 e. The third kappa shape index (κ3) is 1.66. The maximum absolute atomic E-state index is 5.31. The molecular weight excluding hydrogens is 174 g/mol. The summed E-state index contributed by atoms with van der Waals surface area (Å²) in [6, 6.07) is 8.78. The van der Waals surface area contributed by atoms with Crippen LogP contribution in [0, 0.1) is 6.92 Å². The van der Waals surface area contributed by atoms with Crippen LogP contribution >= 0.6 is 0 Å². The van der Waals surface area contributed by atoms with Gasteiger partial charge in [-0.15, -0.1) is 0 Å². The van der Waals surface area contributed by atoms with E-state index in [0.717, 1.165) is 12.3 Å². The second-order valence-electron chi connectivity index (χ2n) is 3.56. The standard InChI is InChI=1S/C12H15NO/c1-9-3-5-10(6-4-9)12-11(14-2)7-8-13-12/h3-7,12-13H,8H2,1-2H3/t12-/m0/s1. The Balaban J connectivity index is 2.23. The van der Waals surface area contributed by atoms with Gasteiger partial charge in [0.15, 0.2) is 0 Å². The van der Waals surface area contributed by atoms with Crippen LogP contribution in [0.25, 0.3) is 0 Å². The molecule has 1 aliphatic heterocycles. The fourth-order valence-electron chi connectivity index (χ4n) is 1.74. The SMILES string of the molecule is COC1=CCN[C@H]1c1ccc(C)cc1. The highest BCUT2D eigenvalue weighted by atomic mass is 16.5. The molecule has 2 rings (SSSR count). The van der Waals surface area contributed by atoms with Crippen LogP contribution in [0.15, 0.2) is 36.1 Å². The summed E-state index contributed by atoms with van der Waals surface area (Å²) in [5.41, 5.74) is 2.55. The minimum Gasteiger partial charge on any atom is -0.499 e. The summed E-state index contributed by atoms with van der Waals surface area (Å²) < 4.78 is 5.31. The third-order valence-electron chi connectivity index (χ3n) is 2.56. The fraction of sp³-hybridized carbons (Fsp3) is 0.333. The first kappa shape index (κ1) is 9.28. The summed E-state index contributed by atoms with van der Waals surface area (Å²) in [7, 11) is 1.72. The van der Waals surface area contributed by atoms with Crippen LogP contribution in [0.3, 0.4) is 0 Å². The molecule has 1 N–H and O–H groups in total. The highest BCUT2D eigenvalue weighted by Gasteiger charge is 2.20. The lowest BCUT2D eigenvalue weighted by Gasteiger charge is -2.14. The van der Waals surface area contributed by atoms with Gasteiger partial charge in [-0.25, -0.2) is 0 Å². The number of aryl methyl sites for hydroxylation is 1. The molecule has 2 heteroatoms. The van der Waals surface area contributed by atoms with E-state index < -0.39 is 0 Å². The average Bonchev–Trinajstić information content (AvgIpc) is 2.67. The van der Waals surface area contributed by atoms with Gasteiger partial charge in [0.05, 0.1) is 13.2 Å². The van der Waals surface area contributed by atoms with Gasteiger partial charge >= 0.3 is 0 Å². The summed E-state index contributed by atoms with van der Waals surface area (Å²) in [4.78, 5) is 0. The monoisotopic (exact) mass is 189 g/mol. The van der Waals surface area contributed by atoms with Gasteiger partial charge in [0.1, 0.15) is 5.76 Å². The van der Waals surface area contributed by atoms with E-state index in [-0.39, 0.29) is 6.04 Å². The first-order valence-electron chi connectivity index (χ1n) is 4.85. The highest BCUT2D eigenvalue weighted by molar-refractivity contribution is 5.30. The van der Waals surface area contributed by atoms with Crippen molar-refractivity contribution in [2.75, 3.05) is 13.7 Å². The van der Waals surface area contributed by atoms with E-state index in [4.69, 9.17) is 4.74 Å². The van der Waals surface area contributed by atoms with E-state index in [1.165, 1.54) is 11.1 Å². The van der Waals surface area contributed by atoms with E-state index in [0.29, 0.717) is 0 Å². The lowest BCUT2D eigenvalue weighted by atomic mass is 10.1. The van der Waals surface area contributed by atoms with Gasteiger partial charge in [-0.1, -0.05) is 29.8 Å². The molecule has 1 aromatic rings. The molecule has 1 aromatic carbocycles. The zero-order valence-corrected chi connectivity index (χ0v) is 8.58. The van der Waals surface area contributed by atoms with Gasteiger partial charge in [0.25, 0.3) is 0 Å². The maximum atomic E-state index is 5.31. The van der Waals surface area contributed by atoms with E-state index in [2.05, 4.69) is 42.6 Å². The zero-order chi connectivity index (χ0) is 9.97. The first-order valence-corrected chi connectivity index (χ1v) is 4.85. The Morgan fingerprint density at radius 2 is 2.00 bits per heavy atom. The van der Waals surface area contributed by atoms with Crippen LogP contribution in [-0.2, 0) is 4.74 Å². The Bertz CT molecular complexity index is 340. The third-order valence-corrected chi connectivity index (χ3v) is 2.56. The molecule has 0 bridgehead atoms. The molecule has 0 saturated carbocycles. The van der Waals surface area contributed by atoms with Crippen LogP contribution in [-0.4, -0.2) is 13.7 Å². The lowest BCUT2D eigenvalue weighted by molar-refractivity contribution is 0.264. The molecule has 1 heterocycles. The topological polar surface area (TPSA) is 21.3 Å². The van der Waals surface area contributed by atoms with Crippen molar-refractivity contribution in [3.8, 4) is 0 Å². The van der Waals surface area contributed by atoms with Crippen LogP contribution in [0.4, 0.5) is 0 Å². The van der Waals surface area contributed by atoms with Crippen molar-refractivity contribution in [1.82, 2.24) is 5.32 Å². The van der Waals surface area contributed by atoms with Gasteiger partial charge in [-0.3, -0.25) is 0 Å². The van der Waals surface area contributed by atoms with Gasteiger partial charge in [-0.2, -0.15) is 0 Å². The molecule has 0 saturated heterocycles. The van der Waals surface area contributed by atoms with Crippen molar-refractivity contribution >= 4 is 0 Å². The number of hydrogen-bond donors (Lipinski definition) is 1. The van der Waals surface area contributed by atoms with E-state index in [9.17, 15) is 0 Å². The van der Waals surface area contributed by atoms with Gasteiger partial charge in [0.2, 0.25) is 0 Å². The predicted octanol–water partition coefficient (Wildman–Crippen LogP) is 2.17. The van der Waals surface area contributed by atoms with Gasteiger partial charge in [-0.05, 0) is 18.6 Å². The molecular formula is C12H15NO. The molecule has 74 valence electrons. The molecule has 1 atom stereocenters. The summed E-state index contributed by atoms with van der Waals surface area (Å²) in [6.07, 6.45) is 2.09. The van der Waals surface area contributed by atoms with Gasteiger partial charge < -0.3 is 10.1 Å². The van der Waals surface area contributed by atoms with Crippen molar-refractivity contribution in [3.05, 3.63) is 47.2 Å². The number of methoxy groups -OCH3 is 1. The Morgan fingerprint density at radius 1 is 1.29 bits per heavy atom. The molecule has 0 unspecified atom stereocenters.